The number of carbonyl (C=O) groups excluding carboxylic acids is 1. The summed E-state index contributed by atoms with van der Waals surface area (Å²) in [6, 6.07) is 0. The fourth-order valence-electron chi connectivity index (χ4n) is 1.50. The Balaban J connectivity index is 3.06. The van der Waals surface area contributed by atoms with Gasteiger partial charge in [0.2, 0.25) is 11.9 Å². The number of aromatic nitrogens is 2. The van der Waals surface area contributed by atoms with E-state index in [2.05, 4.69) is 15.4 Å². The van der Waals surface area contributed by atoms with E-state index in [0.29, 0.717) is 23.3 Å². The normalized spacial score (nSPS) is 10.5. The van der Waals surface area contributed by atoms with Gasteiger partial charge in [0.1, 0.15) is 5.02 Å². The van der Waals surface area contributed by atoms with Gasteiger partial charge in [0.25, 0.3) is 0 Å². The molecule has 100 valence electrons. The molecule has 1 heterocycles. The molecular formula is C10H17ClN6O. The quantitative estimate of drug-likeness (QED) is 0.509. The van der Waals surface area contributed by atoms with Gasteiger partial charge in [0, 0.05) is 6.54 Å². The second-order valence-corrected chi connectivity index (χ2v) is 4.66. The second-order valence-electron chi connectivity index (χ2n) is 4.25. The molecule has 18 heavy (non-hydrogen) atoms. The summed E-state index contributed by atoms with van der Waals surface area (Å²) in [5, 5.41) is 0.343. The first-order chi connectivity index (χ1) is 8.43. The highest BCUT2D eigenvalue weighted by atomic mass is 35.5. The summed E-state index contributed by atoms with van der Waals surface area (Å²) in [4.78, 5) is 20.8. The SMILES string of the molecule is CC(C)CN(CC(N)=O)c1nc(NN)ncc1Cl. The van der Waals surface area contributed by atoms with E-state index in [0.717, 1.165) is 0 Å². The molecular weight excluding hydrogens is 256 g/mol. The molecule has 0 aliphatic rings. The summed E-state index contributed by atoms with van der Waals surface area (Å²) in [5.41, 5.74) is 7.55. The van der Waals surface area contributed by atoms with Gasteiger partial charge in [-0.05, 0) is 5.92 Å². The van der Waals surface area contributed by atoms with Gasteiger partial charge in [-0.2, -0.15) is 4.98 Å². The summed E-state index contributed by atoms with van der Waals surface area (Å²) >= 11 is 6.03. The number of amides is 1. The van der Waals surface area contributed by atoms with Gasteiger partial charge in [-0.3, -0.25) is 10.2 Å². The fraction of sp³-hybridized carbons (Fsp3) is 0.500. The lowest BCUT2D eigenvalue weighted by Crippen LogP contribution is -2.37. The largest absolute Gasteiger partial charge is 0.368 e. The predicted octanol–water partition coefficient (Wildman–Crippen LogP) is 0.363. The van der Waals surface area contributed by atoms with Crippen LogP contribution in [0.4, 0.5) is 11.8 Å². The zero-order chi connectivity index (χ0) is 13.7. The Bertz CT molecular complexity index is 425. The summed E-state index contributed by atoms with van der Waals surface area (Å²) < 4.78 is 0. The van der Waals surface area contributed by atoms with E-state index in [-0.39, 0.29) is 12.5 Å². The molecule has 0 radical (unpaired) electrons. The van der Waals surface area contributed by atoms with Crippen LogP contribution >= 0.6 is 11.6 Å². The molecule has 0 saturated heterocycles. The Labute approximate surface area is 110 Å². The van der Waals surface area contributed by atoms with Crippen LogP contribution in [0.15, 0.2) is 6.20 Å². The van der Waals surface area contributed by atoms with Crippen LogP contribution in [0.5, 0.6) is 0 Å². The minimum Gasteiger partial charge on any atom is -0.368 e. The predicted molar refractivity (Wildman–Crippen MR) is 71.1 cm³/mol. The third-order valence-corrected chi connectivity index (χ3v) is 2.35. The van der Waals surface area contributed by atoms with E-state index in [4.69, 9.17) is 23.2 Å². The number of anilines is 2. The van der Waals surface area contributed by atoms with Crippen molar-refractivity contribution >= 4 is 29.3 Å². The van der Waals surface area contributed by atoms with Crippen molar-refractivity contribution in [3.05, 3.63) is 11.2 Å². The zero-order valence-corrected chi connectivity index (χ0v) is 11.1. The average molecular weight is 273 g/mol. The highest BCUT2D eigenvalue weighted by Gasteiger charge is 2.16. The van der Waals surface area contributed by atoms with Crippen LogP contribution in [0.3, 0.4) is 0 Å². The smallest absolute Gasteiger partial charge is 0.239 e. The van der Waals surface area contributed by atoms with E-state index < -0.39 is 5.91 Å². The van der Waals surface area contributed by atoms with Crippen molar-refractivity contribution in [1.29, 1.82) is 0 Å². The minimum atomic E-state index is -0.451. The van der Waals surface area contributed by atoms with Gasteiger partial charge in [-0.25, -0.2) is 10.8 Å². The highest BCUT2D eigenvalue weighted by Crippen LogP contribution is 2.24. The van der Waals surface area contributed by atoms with Crippen molar-refractivity contribution < 1.29 is 4.79 Å². The molecule has 1 rings (SSSR count). The molecule has 0 unspecified atom stereocenters. The fourth-order valence-corrected chi connectivity index (χ4v) is 1.71. The number of hydrogen-bond acceptors (Lipinski definition) is 6. The monoisotopic (exact) mass is 272 g/mol. The number of rotatable bonds is 6. The van der Waals surface area contributed by atoms with Crippen molar-refractivity contribution in [2.45, 2.75) is 13.8 Å². The number of primary amides is 1. The second kappa shape index (κ2) is 6.36. The number of nitrogen functional groups attached to an aromatic ring is 1. The topological polar surface area (TPSA) is 110 Å². The maximum Gasteiger partial charge on any atom is 0.239 e. The first kappa shape index (κ1) is 14.5. The third-order valence-electron chi connectivity index (χ3n) is 2.09. The van der Waals surface area contributed by atoms with E-state index in [1.165, 1.54) is 6.20 Å². The molecule has 0 spiro atoms. The van der Waals surface area contributed by atoms with Crippen molar-refractivity contribution in [2.24, 2.45) is 17.5 Å². The van der Waals surface area contributed by atoms with Gasteiger partial charge in [-0.1, -0.05) is 25.4 Å². The van der Waals surface area contributed by atoms with Crippen molar-refractivity contribution in [1.82, 2.24) is 9.97 Å². The highest BCUT2D eigenvalue weighted by molar-refractivity contribution is 6.32. The summed E-state index contributed by atoms with van der Waals surface area (Å²) in [5.74, 6) is 5.78. The lowest BCUT2D eigenvalue weighted by atomic mass is 10.2. The van der Waals surface area contributed by atoms with E-state index in [9.17, 15) is 4.79 Å². The molecule has 5 N–H and O–H groups in total. The van der Waals surface area contributed by atoms with E-state index >= 15 is 0 Å². The Hall–Kier alpha value is -1.60. The van der Waals surface area contributed by atoms with Gasteiger partial charge in [-0.15, -0.1) is 0 Å². The molecule has 0 aromatic carbocycles. The van der Waals surface area contributed by atoms with Crippen LogP contribution in [0.25, 0.3) is 0 Å². The molecule has 1 aromatic heterocycles. The maximum atomic E-state index is 11.1. The lowest BCUT2D eigenvalue weighted by Gasteiger charge is -2.25. The van der Waals surface area contributed by atoms with Crippen molar-refractivity contribution in [3.8, 4) is 0 Å². The van der Waals surface area contributed by atoms with Crippen LogP contribution < -0.4 is 21.9 Å². The Morgan fingerprint density at radius 1 is 1.61 bits per heavy atom. The van der Waals surface area contributed by atoms with Gasteiger partial charge in [0.15, 0.2) is 5.82 Å². The van der Waals surface area contributed by atoms with Crippen LogP contribution in [-0.4, -0.2) is 29.0 Å². The summed E-state index contributed by atoms with van der Waals surface area (Å²) in [6.07, 6.45) is 1.42. The minimum absolute atomic E-state index is 0.0406. The molecule has 1 amide bonds. The van der Waals surface area contributed by atoms with Crippen molar-refractivity contribution in [3.63, 3.8) is 0 Å². The van der Waals surface area contributed by atoms with Crippen molar-refractivity contribution in [2.75, 3.05) is 23.4 Å². The first-order valence-electron chi connectivity index (χ1n) is 5.46. The van der Waals surface area contributed by atoms with Crippen LogP contribution in [-0.2, 0) is 4.79 Å². The number of nitrogens with two attached hydrogens (primary N) is 2. The lowest BCUT2D eigenvalue weighted by molar-refractivity contribution is -0.116. The van der Waals surface area contributed by atoms with Gasteiger partial charge >= 0.3 is 0 Å². The average Bonchev–Trinajstić information content (AvgIpc) is 2.27. The molecule has 0 saturated carbocycles. The number of halogens is 1. The molecule has 0 aliphatic carbocycles. The molecule has 0 bridgehead atoms. The van der Waals surface area contributed by atoms with Crippen LogP contribution in [0.1, 0.15) is 13.8 Å². The molecule has 0 fully saturated rings. The molecule has 8 heteroatoms. The Morgan fingerprint density at radius 2 is 2.28 bits per heavy atom. The summed E-state index contributed by atoms with van der Waals surface area (Å²) in [7, 11) is 0. The first-order valence-corrected chi connectivity index (χ1v) is 5.84. The van der Waals surface area contributed by atoms with Gasteiger partial charge in [0.05, 0.1) is 12.7 Å². The number of hydrogen-bond donors (Lipinski definition) is 3. The van der Waals surface area contributed by atoms with E-state index in [1.807, 2.05) is 13.8 Å². The van der Waals surface area contributed by atoms with Crippen LogP contribution in [0.2, 0.25) is 5.02 Å². The van der Waals surface area contributed by atoms with Gasteiger partial charge < -0.3 is 10.6 Å². The molecule has 7 nitrogen and oxygen atoms in total. The van der Waals surface area contributed by atoms with Crippen LogP contribution in [0, 0.1) is 5.92 Å². The molecule has 0 aliphatic heterocycles. The Kier molecular flexibility index (Phi) is 5.11. The number of hydrazine groups is 1. The third kappa shape index (κ3) is 4.01. The maximum absolute atomic E-state index is 11.1. The number of carbonyl (C=O) groups is 1. The standard InChI is InChI=1S/C10H17ClN6O/c1-6(2)4-17(5-8(12)18)9-7(11)3-14-10(15-9)16-13/h3,6H,4-5,13H2,1-2H3,(H2,12,18)(H,14,15,16). The number of nitrogens with zero attached hydrogens (tertiary/aromatic N) is 3. The molecule has 0 atom stereocenters. The number of nitrogens with one attached hydrogen (secondary N) is 1. The summed E-state index contributed by atoms with van der Waals surface area (Å²) in [6.45, 7) is 4.68. The molecule has 1 aromatic rings. The zero-order valence-electron chi connectivity index (χ0n) is 10.4. The van der Waals surface area contributed by atoms with E-state index in [1.54, 1.807) is 4.90 Å². The Morgan fingerprint density at radius 3 is 2.78 bits per heavy atom.